The second kappa shape index (κ2) is 5.82. The van der Waals surface area contributed by atoms with E-state index in [1.807, 2.05) is 42.5 Å². The first-order valence-corrected chi connectivity index (χ1v) is 9.43. The Labute approximate surface area is 104 Å². The Balaban J connectivity index is 2.65. The first kappa shape index (κ1) is 13.7. The number of allylic oxidation sites excluding steroid dienone is 1. The summed E-state index contributed by atoms with van der Waals surface area (Å²) >= 11 is 0. The van der Waals surface area contributed by atoms with Gasteiger partial charge in [-0.2, -0.15) is 0 Å². The Morgan fingerprint density at radius 1 is 1.29 bits per heavy atom. The molecule has 0 radical (unpaired) electrons. The smallest absolute Gasteiger partial charge is 0.304 e. The lowest BCUT2D eigenvalue weighted by Gasteiger charge is -2.23. The molecular weight excluding hydrogens is 228 g/mol. The first-order valence-electron chi connectivity index (χ1n) is 5.85. The van der Waals surface area contributed by atoms with E-state index in [0.29, 0.717) is 6.42 Å². The van der Waals surface area contributed by atoms with Crippen LogP contribution in [0.2, 0.25) is 25.2 Å². The second-order valence-corrected chi connectivity index (χ2v) is 10.7. The molecule has 0 aliphatic rings. The van der Waals surface area contributed by atoms with Crippen LogP contribution < -0.4 is 0 Å². The van der Waals surface area contributed by atoms with E-state index in [4.69, 9.17) is 0 Å². The van der Waals surface area contributed by atoms with E-state index >= 15 is 0 Å². The number of aliphatic carboxylic acids is 1. The molecule has 1 aromatic carbocycles. The van der Waals surface area contributed by atoms with Gasteiger partial charge in [-0.25, -0.2) is 0 Å². The van der Waals surface area contributed by atoms with Crippen LogP contribution >= 0.6 is 0 Å². The SMILES string of the molecule is C[Si](C)(C)C(C/C=C\c1ccccc1)C(=O)O. The van der Waals surface area contributed by atoms with Crippen molar-refractivity contribution in [1.29, 1.82) is 0 Å². The normalized spacial score (nSPS) is 13.8. The molecule has 0 aliphatic carbocycles. The lowest BCUT2D eigenvalue weighted by Crippen LogP contribution is -2.33. The van der Waals surface area contributed by atoms with Crippen molar-refractivity contribution in [1.82, 2.24) is 0 Å². The van der Waals surface area contributed by atoms with Crippen LogP contribution in [0.4, 0.5) is 0 Å². The number of benzene rings is 1. The highest BCUT2D eigenvalue weighted by atomic mass is 28.3. The Morgan fingerprint density at radius 2 is 1.88 bits per heavy atom. The van der Waals surface area contributed by atoms with Crippen molar-refractivity contribution in [3.05, 3.63) is 42.0 Å². The number of hydrogen-bond donors (Lipinski definition) is 1. The third-order valence-electron chi connectivity index (χ3n) is 2.83. The van der Waals surface area contributed by atoms with E-state index < -0.39 is 14.0 Å². The molecular formula is C14H20O2Si. The fourth-order valence-corrected chi connectivity index (χ4v) is 3.31. The quantitative estimate of drug-likeness (QED) is 0.803. The summed E-state index contributed by atoms with van der Waals surface area (Å²) in [6, 6.07) is 9.96. The van der Waals surface area contributed by atoms with E-state index in [0.717, 1.165) is 5.56 Å². The van der Waals surface area contributed by atoms with Gasteiger partial charge in [-0.05, 0) is 12.0 Å². The van der Waals surface area contributed by atoms with Gasteiger partial charge in [0, 0.05) is 0 Å². The van der Waals surface area contributed by atoms with Crippen molar-refractivity contribution in [2.24, 2.45) is 0 Å². The molecule has 0 heterocycles. The maximum absolute atomic E-state index is 11.2. The zero-order valence-electron chi connectivity index (χ0n) is 10.7. The lowest BCUT2D eigenvalue weighted by molar-refractivity contribution is -0.137. The largest absolute Gasteiger partial charge is 0.481 e. The van der Waals surface area contributed by atoms with E-state index in [9.17, 15) is 9.90 Å². The molecule has 0 saturated heterocycles. The minimum Gasteiger partial charge on any atom is -0.481 e. The average Bonchev–Trinajstić information content (AvgIpc) is 2.23. The Kier molecular flexibility index (Phi) is 4.69. The summed E-state index contributed by atoms with van der Waals surface area (Å²) in [5.74, 6) is -0.665. The summed E-state index contributed by atoms with van der Waals surface area (Å²) in [6.07, 6.45) is 4.60. The highest BCUT2D eigenvalue weighted by molar-refractivity contribution is 6.80. The third kappa shape index (κ3) is 4.57. The molecule has 1 unspecified atom stereocenters. The van der Waals surface area contributed by atoms with Crippen molar-refractivity contribution < 1.29 is 9.90 Å². The molecule has 1 aromatic rings. The molecule has 17 heavy (non-hydrogen) atoms. The number of hydrogen-bond acceptors (Lipinski definition) is 1. The zero-order chi connectivity index (χ0) is 12.9. The van der Waals surface area contributed by atoms with Crippen molar-refractivity contribution in [3.63, 3.8) is 0 Å². The van der Waals surface area contributed by atoms with Gasteiger partial charge >= 0.3 is 5.97 Å². The zero-order valence-corrected chi connectivity index (χ0v) is 11.7. The van der Waals surface area contributed by atoms with Crippen molar-refractivity contribution >= 4 is 20.1 Å². The van der Waals surface area contributed by atoms with Crippen LogP contribution in [0, 0.1) is 0 Å². The van der Waals surface area contributed by atoms with Crippen LogP contribution in [0.15, 0.2) is 36.4 Å². The molecule has 1 N–H and O–H groups in total. The summed E-state index contributed by atoms with van der Waals surface area (Å²) in [5, 5.41) is 9.21. The summed E-state index contributed by atoms with van der Waals surface area (Å²) in [4.78, 5) is 11.2. The molecule has 0 spiro atoms. The molecule has 0 saturated carbocycles. The van der Waals surface area contributed by atoms with Gasteiger partial charge in [0.05, 0.1) is 13.6 Å². The van der Waals surface area contributed by atoms with Crippen molar-refractivity contribution in [2.75, 3.05) is 0 Å². The molecule has 3 heteroatoms. The van der Waals surface area contributed by atoms with Crippen LogP contribution in [0.1, 0.15) is 12.0 Å². The Morgan fingerprint density at radius 3 is 2.35 bits per heavy atom. The summed E-state index contributed by atoms with van der Waals surface area (Å²) in [7, 11) is -1.64. The van der Waals surface area contributed by atoms with Gasteiger partial charge in [0.25, 0.3) is 0 Å². The topological polar surface area (TPSA) is 37.3 Å². The average molecular weight is 248 g/mol. The molecule has 0 aliphatic heterocycles. The maximum atomic E-state index is 11.2. The third-order valence-corrected chi connectivity index (χ3v) is 5.40. The fourth-order valence-electron chi connectivity index (χ4n) is 1.73. The number of carbonyl (C=O) groups is 1. The molecule has 0 fully saturated rings. The number of rotatable bonds is 5. The van der Waals surface area contributed by atoms with E-state index in [1.54, 1.807) is 0 Å². The lowest BCUT2D eigenvalue weighted by atomic mass is 10.2. The molecule has 0 bridgehead atoms. The Hall–Kier alpha value is -1.35. The van der Waals surface area contributed by atoms with Gasteiger partial charge in [-0.1, -0.05) is 62.1 Å². The fraction of sp³-hybridized carbons (Fsp3) is 0.357. The van der Waals surface area contributed by atoms with Gasteiger partial charge < -0.3 is 5.11 Å². The molecule has 1 atom stereocenters. The van der Waals surface area contributed by atoms with Crippen LogP contribution in [0.3, 0.4) is 0 Å². The maximum Gasteiger partial charge on any atom is 0.304 e. The van der Waals surface area contributed by atoms with Crippen LogP contribution in [0.25, 0.3) is 6.08 Å². The predicted molar refractivity (Wildman–Crippen MR) is 74.8 cm³/mol. The number of carboxylic acids is 1. The van der Waals surface area contributed by atoms with Gasteiger partial charge in [0.15, 0.2) is 0 Å². The Bertz CT molecular complexity index is 390. The summed E-state index contributed by atoms with van der Waals surface area (Å²) in [5.41, 5.74) is 0.912. The summed E-state index contributed by atoms with van der Waals surface area (Å²) in [6.45, 7) is 6.30. The molecule has 2 nitrogen and oxygen atoms in total. The second-order valence-electron chi connectivity index (χ2n) is 5.31. The number of carboxylic acid groups (broad SMARTS) is 1. The standard InChI is InChI=1S/C14H20O2Si/c1-17(2,3)13(14(15)16)11-7-10-12-8-5-4-6-9-12/h4-10,13H,11H2,1-3H3,(H,15,16)/b10-7-. The minimum atomic E-state index is -1.64. The molecule has 92 valence electrons. The van der Waals surface area contributed by atoms with Crippen LogP contribution in [0.5, 0.6) is 0 Å². The first-order chi connectivity index (χ1) is 7.91. The van der Waals surface area contributed by atoms with Crippen molar-refractivity contribution in [2.45, 2.75) is 31.6 Å². The van der Waals surface area contributed by atoms with Gasteiger partial charge in [0.2, 0.25) is 0 Å². The highest BCUT2D eigenvalue weighted by Crippen LogP contribution is 2.26. The van der Waals surface area contributed by atoms with Crippen LogP contribution in [-0.4, -0.2) is 19.1 Å². The summed E-state index contributed by atoms with van der Waals surface area (Å²) < 4.78 is 0. The minimum absolute atomic E-state index is 0.206. The van der Waals surface area contributed by atoms with E-state index in [1.165, 1.54) is 0 Å². The molecule has 1 rings (SSSR count). The van der Waals surface area contributed by atoms with Crippen LogP contribution in [-0.2, 0) is 4.79 Å². The molecule has 0 amide bonds. The van der Waals surface area contributed by atoms with Crippen molar-refractivity contribution in [3.8, 4) is 0 Å². The monoisotopic (exact) mass is 248 g/mol. The van der Waals surface area contributed by atoms with Gasteiger partial charge in [-0.3, -0.25) is 4.79 Å². The van der Waals surface area contributed by atoms with E-state index in [-0.39, 0.29) is 5.54 Å². The highest BCUT2D eigenvalue weighted by Gasteiger charge is 2.31. The van der Waals surface area contributed by atoms with Gasteiger partial charge in [-0.15, -0.1) is 0 Å². The predicted octanol–water partition coefficient (Wildman–Crippen LogP) is 3.88. The van der Waals surface area contributed by atoms with E-state index in [2.05, 4.69) is 19.6 Å². The van der Waals surface area contributed by atoms with Gasteiger partial charge in [0.1, 0.15) is 0 Å². The molecule has 0 aromatic heterocycles.